The number of carboxylic acid groups (broad SMARTS) is 4. The van der Waals surface area contributed by atoms with Crippen molar-refractivity contribution < 1.29 is 85.1 Å². The number of amides is 2. The zero-order valence-electron chi connectivity index (χ0n) is 61.4. The molecule has 0 aromatic carbocycles. The summed E-state index contributed by atoms with van der Waals surface area (Å²) < 4.78 is 99.4. The van der Waals surface area contributed by atoms with Crippen LogP contribution in [-0.4, -0.2) is 281 Å². The van der Waals surface area contributed by atoms with E-state index in [0.29, 0.717) is 0 Å². The first-order chi connectivity index (χ1) is 50.8. The molecule has 0 spiro atoms. The lowest BCUT2D eigenvalue weighted by molar-refractivity contribution is -0.144. The molecule has 2 amide bonds. The third-order valence-corrected chi connectivity index (χ3v) is 20.2. The average molecular weight is 1520 g/mol. The molecule has 0 unspecified atom stereocenters. The number of hydrogen-bond donors (Lipinski definition) is 6. The fraction of sp³-hybridized carbons (Fsp3) is 0.557. The highest BCUT2D eigenvalue weighted by Crippen LogP contribution is 2.37. The summed E-state index contributed by atoms with van der Waals surface area (Å²) in [5, 5.41) is 65.7. The molecule has 6 N–H and O–H groups in total. The first-order valence-corrected chi connectivity index (χ1v) is 35.4. The largest absolute Gasteiger partial charge is 0.480 e. The van der Waals surface area contributed by atoms with Crippen LogP contribution in [-0.2, 0) is 91.5 Å². The second kappa shape index (κ2) is 33.5. The molecule has 4 atom stereocenters. The van der Waals surface area contributed by atoms with E-state index in [1.54, 1.807) is 57.1 Å². The maximum absolute atomic E-state index is 15.9. The van der Waals surface area contributed by atoms with Gasteiger partial charge < -0.3 is 35.8 Å². The molecule has 0 aliphatic carbocycles. The van der Waals surface area contributed by atoms with Crippen molar-refractivity contribution in [3.05, 3.63) is 111 Å². The highest BCUT2D eigenvalue weighted by molar-refractivity contribution is 5.96. The van der Waals surface area contributed by atoms with Gasteiger partial charge in [-0.3, -0.25) is 82.7 Å². The number of halogens is 6. The Balaban J connectivity index is 1.16. The van der Waals surface area contributed by atoms with Crippen molar-refractivity contribution in [2.24, 2.45) is 0 Å². The van der Waals surface area contributed by atoms with E-state index in [1.807, 2.05) is 9.80 Å². The zero-order valence-corrected chi connectivity index (χ0v) is 61.4. The Morgan fingerprint density at radius 2 is 0.741 bits per heavy atom. The second-order valence-corrected chi connectivity index (χ2v) is 28.9. The number of carbonyl (C=O) groups is 7. The Kier molecular flexibility index (Phi) is 25.1. The van der Waals surface area contributed by atoms with Crippen LogP contribution in [0.4, 0.5) is 26.3 Å². The second-order valence-electron chi connectivity index (χ2n) is 28.9. The van der Waals surface area contributed by atoms with Gasteiger partial charge in [0.15, 0.2) is 0 Å². The van der Waals surface area contributed by atoms with Crippen LogP contribution in [0.1, 0.15) is 129 Å². The average Bonchev–Trinajstić information content (AvgIpc) is 1.59. The minimum Gasteiger partial charge on any atom is -0.480 e. The Labute approximate surface area is 618 Å². The fourth-order valence-corrected chi connectivity index (χ4v) is 14.0. The third-order valence-electron chi connectivity index (χ3n) is 20.2. The molecule has 12 heterocycles. The number of aromatic nitrogens is 10. The topological polar surface area (TPSA) is 373 Å². The molecule has 6 aromatic rings. The number of nitrogens with zero attached hydrogens (tertiary/aromatic N) is 18. The first-order valence-electron chi connectivity index (χ1n) is 35.4. The van der Waals surface area contributed by atoms with E-state index < -0.39 is 108 Å². The summed E-state index contributed by atoms with van der Waals surface area (Å²) in [4.78, 5) is 126. The number of carbonyl (C=O) groups excluding carboxylic acids is 3. The van der Waals surface area contributed by atoms with Crippen molar-refractivity contribution in [2.45, 2.75) is 149 Å². The van der Waals surface area contributed by atoms with Gasteiger partial charge in [0.2, 0.25) is 5.91 Å². The van der Waals surface area contributed by atoms with Crippen LogP contribution < -0.4 is 15.4 Å². The molecule has 38 heteroatoms. The summed E-state index contributed by atoms with van der Waals surface area (Å²) in [6, 6.07) is 5.00. The molecule has 32 nitrogen and oxygen atoms in total. The van der Waals surface area contributed by atoms with Crippen molar-refractivity contribution in [3.8, 4) is 28.5 Å². The summed E-state index contributed by atoms with van der Waals surface area (Å²) in [5.41, 5.74) is -5.46. The standard InChI is InChI=1S/C70H90F6N20O12/c1-41(63(100)101)91-18-10-87-11-19-92(42(2)64(102)103)21-13-88(12-20-91)35-50-28-47(69(71,72)73)30-52(77-50)38-95-58(60(83-85-95)67(6,7)81-45(5)98)56-27-46(26-49(34-87)79-56)62(99)82-68(8,9)61-59-57-33-55(108-40-97)32-54(80-57)37-90-16-24-93(43(3)65(104)105)22-14-89(15-23-94(25-17-90)44(4)66(106)107)36-51-29-48(70(74,75)76)31-53(78-51)39-96(59)86-84-61/h26-33,40-44H,10-25,34-39H2,1-9H3,(H,81,98)(H,82,99)(H,100,101)(H,102,103)(H,104,105)(H,106,107)/t41-,42-,43-,44-/m1/s1. The monoisotopic (exact) mass is 1520 g/mol. The van der Waals surface area contributed by atoms with E-state index in [9.17, 15) is 49.2 Å². The molecule has 0 radical (unpaired) electrons. The Hall–Kier alpha value is -9.57. The van der Waals surface area contributed by atoms with Crippen molar-refractivity contribution in [1.29, 1.82) is 0 Å². The highest BCUT2D eigenvalue weighted by Gasteiger charge is 2.40. The molecule has 6 aliphatic heterocycles. The summed E-state index contributed by atoms with van der Waals surface area (Å²) in [6.07, 6.45) is -9.84. The number of hydrogen-bond acceptors (Lipinski definition) is 24. The van der Waals surface area contributed by atoms with Crippen molar-refractivity contribution in [2.75, 3.05) is 105 Å². The summed E-state index contributed by atoms with van der Waals surface area (Å²) >= 11 is 0. The van der Waals surface area contributed by atoms with E-state index >= 15 is 31.1 Å². The third kappa shape index (κ3) is 20.0. The van der Waals surface area contributed by atoms with E-state index in [0.717, 1.165) is 24.3 Å². The van der Waals surface area contributed by atoms with E-state index in [-0.39, 0.29) is 217 Å². The van der Waals surface area contributed by atoms with Gasteiger partial charge in [0.25, 0.3) is 12.4 Å². The predicted molar refractivity (Wildman–Crippen MR) is 373 cm³/mol. The normalized spacial score (nSPS) is 20.8. The number of carboxylic acids is 4. The molecule has 108 heavy (non-hydrogen) atoms. The molecule has 2 fully saturated rings. The van der Waals surface area contributed by atoms with Gasteiger partial charge in [-0.2, -0.15) is 26.3 Å². The number of fused-ring (bicyclic) bond motifs is 16. The zero-order chi connectivity index (χ0) is 78.5. The molecular weight excluding hydrogens is 1430 g/mol. The summed E-state index contributed by atoms with van der Waals surface area (Å²) in [7, 11) is 0. The number of rotatable bonds is 15. The van der Waals surface area contributed by atoms with Gasteiger partial charge in [0.1, 0.15) is 52.7 Å². The lowest BCUT2D eigenvalue weighted by Crippen LogP contribution is -2.51. The van der Waals surface area contributed by atoms with E-state index in [2.05, 4.69) is 31.3 Å². The van der Waals surface area contributed by atoms with Gasteiger partial charge in [-0.25, -0.2) is 19.3 Å². The smallest absolute Gasteiger partial charge is 0.416 e. The van der Waals surface area contributed by atoms with Crippen LogP contribution in [0.25, 0.3) is 22.8 Å². The lowest BCUT2D eigenvalue weighted by atomic mass is 9.95. The molecule has 6 aliphatic rings. The van der Waals surface area contributed by atoms with Gasteiger partial charge in [0, 0.05) is 156 Å². The minimum atomic E-state index is -4.93. The quantitative estimate of drug-likeness (QED) is 0.0628. The fourth-order valence-electron chi connectivity index (χ4n) is 14.0. The van der Waals surface area contributed by atoms with Crippen LogP contribution in [0.15, 0.2) is 48.5 Å². The molecule has 6 aromatic heterocycles. The van der Waals surface area contributed by atoms with Gasteiger partial charge >= 0.3 is 36.2 Å². The number of aliphatic carboxylic acids is 4. The molecule has 12 rings (SSSR count). The predicted octanol–water partition coefficient (Wildman–Crippen LogP) is 3.85. The minimum absolute atomic E-state index is 0.0144. The number of alkyl halides is 6. The lowest BCUT2D eigenvalue weighted by Gasteiger charge is -2.36. The van der Waals surface area contributed by atoms with E-state index in [4.69, 9.17) is 24.7 Å². The molecule has 2 saturated heterocycles. The van der Waals surface area contributed by atoms with Gasteiger partial charge in [-0.1, -0.05) is 10.4 Å². The number of nitrogens with one attached hydrogen (secondary N) is 2. The molecule has 0 saturated carbocycles. The van der Waals surface area contributed by atoms with Crippen molar-refractivity contribution in [1.82, 2.24) is 99.8 Å². The van der Waals surface area contributed by atoms with Crippen molar-refractivity contribution >= 4 is 42.2 Å². The Morgan fingerprint density at radius 1 is 0.435 bits per heavy atom. The molecule has 12 bridgehead atoms. The Morgan fingerprint density at radius 3 is 1.06 bits per heavy atom. The van der Waals surface area contributed by atoms with Gasteiger partial charge in [0.05, 0.1) is 80.8 Å². The van der Waals surface area contributed by atoms with Crippen LogP contribution >= 0.6 is 0 Å². The SMILES string of the molecule is CC(=O)NC(C)(C)c1nnn2c1-c1cc(C(=O)NC(C)(C)c3nnn4c3-c3cc(OC=O)cc(n3)CN3CCN([C@H](C)C(=O)O)CCN(CCN([C@H](C)C(=O)O)CC3)Cc3cc(C(F)(F)F)cc(n3)C4)cc(n1)CN1CCN([C@H](C)C(=O)O)CCN(CCN([C@H](C)C(=O)O)CC1)Cc1cc(C(F)(F)F)cc(n1)C2. The summed E-state index contributed by atoms with van der Waals surface area (Å²) in [5.74, 6) is -5.97. The van der Waals surface area contributed by atoms with Crippen LogP contribution in [0.3, 0.4) is 0 Å². The van der Waals surface area contributed by atoms with Gasteiger partial charge in [-0.15, -0.1) is 10.2 Å². The van der Waals surface area contributed by atoms with E-state index in [1.165, 1.54) is 68.2 Å². The van der Waals surface area contributed by atoms with Crippen LogP contribution in [0, 0.1) is 0 Å². The summed E-state index contributed by atoms with van der Waals surface area (Å²) in [6.45, 7) is 14.3. The molecule has 584 valence electrons. The van der Waals surface area contributed by atoms with Gasteiger partial charge in [-0.05, 0) is 91.8 Å². The molecular formula is C70H90F6N20O12. The highest BCUT2D eigenvalue weighted by atomic mass is 19.4. The van der Waals surface area contributed by atoms with Crippen LogP contribution in [0.5, 0.6) is 5.75 Å². The Bertz CT molecular complexity index is 4240. The maximum atomic E-state index is 15.9. The maximum Gasteiger partial charge on any atom is 0.416 e. The number of pyridine rings is 4. The first kappa shape index (κ1) is 81.0. The van der Waals surface area contributed by atoms with Crippen LogP contribution in [0.2, 0.25) is 0 Å². The van der Waals surface area contributed by atoms with Crippen molar-refractivity contribution in [3.63, 3.8) is 0 Å². The number of ether oxygens (including phenoxy) is 1.